The van der Waals surface area contributed by atoms with Crippen LogP contribution >= 0.6 is 0 Å². The molecule has 1 atom stereocenters. The molecule has 3 rings (SSSR count). The second-order valence-corrected chi connectivity index (χ2v) is 5.19. The summed E-state index contributed by atoms with van der Waals surface area (Å²) in [5.41, 5.74) is 3.74. The first kappa shape index (κ1) is 13.0. The van der Waals surface area contributed by atoms with Crippen LogP contribution in [0.25, 0.3) is 0 Å². The lowest BCUT2D eigenvalue weighted by Crippen LogP contribution is -2.18. The normalized spacial score (nSPS) is 17.6. The Hall–Kier alpha value is -1.97. The summed E-state index contributed by atoms with van der Waals surface area (Å²) >= 11 is 0. The molecule has 1 heterocycles. The van der Waals surface area contributed by atoms with Crippen LogP contribution in [-0.2, 0) is 13.5 Å². The summed E-state index contributed by atoms with van der Waals surface area (Å²) in [5.74, 6) is 0.922. The third-order valence-corrected chi connectivity index (χ3v) is 3.89. The molecule has 1 aromatic carbocycles. The Morgan fingerprint density at radius 2 is 2.25 bits per heavy atom. The Balaban J connectivity index is 1.86. The first-order chi connectivity index (χ1) is 9.79. The molecule has 0 spiro atoms. The van der Waals surface area contributed by atoms with Crippen molar-refractivity contribution in [2.45, 2.75) is 32.2 Å². The molecule has 106 valence electrons. The smallest absolute Gasteiger partial charge is 0.142 e. The third kappa shape index (κ3) is 2.38. The highest BCUT2D eigenvalue weighted by Crippen LogP contribution is 2.34. The molecular weight excluding hydrogens is 250 g/mol. The standard InChI is InChI=1S/C16H21N3O/c1-3-20-16-10-5-4-7-14(16)18-13-8-6-9-15-12(13)11-17-19(15)2/h4-5,7,10-11,13,18H,3,6,8-9H2,1-2H3. The van der Waals surface area contributed by atoms with Crippen LogP contribution in [0.15, 0.2) is 30.5 Å². The van der Waals surface area contributed by atoms with E-state index in [0.717, 1.165) is 24.3 Å². The molecule has 1 aliphatic rings. The number of aryl methyl sites for hydroxylation is 1. The molecule has 2 aromatic rings. The molecule has 1 N–H and O–H groups in total. The molecule has 0 amide bonds. The van der Waals surface area contributed by atoms with Crippen molar-refractivity contribution in [3.63, 3.8) is 0 Å². The maximum absolute atomic E-state index is 5.69. The van der Waals surface area contributed by atoms with E-state index in [0.29, 0.717) is 12.6 Å². The molecule has 0 bridgehead atoms. The van der Waals surface area contributed by atoms with Gasteiger partial charge in [0.2, 0.25) is 0 Å². The van der Waals surface area contributed by atoms with Crippen molar-refractivity contribution in [3.05, 3.63) is 41.7 Å². The monoisotopic (exact) mass is 271 g/mol. The second-order valence-electron chi connectivity index (χ2n) is 5.19. The van der Waals surface area contributed by atoms with Crippen LogP contribution in [0.5, 0.6) is 5.75 Å². The van der Waals surface area contributed by atoms with E-state index in [1.54, 1.807) is 0 Å². The van der Waals surface area contributed by atoms with E-state index in [2.05, 4.69) is 16.5 Å². The van der Waals surface area contributed by atoms with Gasteiger partial charge in [0.15, 0.2) is 0 Å². The number of anilines is 1. The zero-order valence-corrected chi connectivity index (χ0v) is 12.1. The number of hydrogen-bond donors (Lipinski definition) is 1. The molecular formula is C16H21N3O. The fraction of sp³-hybridized carbons (Fsp3) is 0.438. The largest absolute Gasteiger partial charge is 0.492 e. The lowest BCUT2D eigenvalue weighted by Gasteiger charge is -2.25. The van der Waals surface area contributed by atoms with E-state index in [9.17, 15) is 0 Å². The SMILES string of the molecule is CCOc1ccccc1NC1CCCc2c1cnn2C. The highest BCUT2D eigenvalue weighted by Gasteiger charge is 2.23. The van der Waals surface area contributed by atoms with Crippen molar-refractivity contribution in [1.82, 2.24) is 9.78 Å². The number of nitrogens with one attached hydrogen (secondary N) is 1. The zero-order valence-electron chi connectivity index (χ0n) is 12.1. The van der Waals surface area contributed by atoms with E-state index in [1.807, 2.05) is 43.0 Å². The van der Waals surface area contributed by atoms with Gasteiger partial charge >= 0.3 is 0 Å². The zero-order chi connectivity index (χ0) is 13.9. The van der Waals surface area contributed by atoms with Crippen molar-refractivity contribution < 1.29 is 4.74 Å². The number of rotatable bonds is 4. The molecule has 0 radical (unpaired) electrons. The quantitative estimate of drug-likeness (QED) is 0.927. The van der Waals surface area contributed by atoms with E-state index >= 15 is 0 Å². The molecule has 1 aromatic heterocycles. The fourth-order valence-electron chi connectivity index (χ4n) is 2.91. The molecule has 0 fully saturated rings. The van der Waals surface area contributed by atoms with Crippen molar-refractivity contribution in [2.24, 2.45) is 7.05 Å². The number of fused-ring (bicyclic) bond motifs is 1. The van der Waals surface area contributed by atoms with Crippen LogP contribution in [0.2, 0.25) is 0 Å². The maximum Gasteiger partial charge on any atom is 0.142 e. The summed E-state index contributed by atoms with van der Waals surface area (Å²) < 4.78 is 7.69. The van der Waals surface area contributed by atoms with Gasteiger partial charge in [-0.2, -0.15) is 5.10 Å². The van der Waals surface area contributed by atoms with Gasteiger partial charge < -0.3 is 10.1 Å². The number of ether oxygens (including phenoxy) is 1. The van der Waals surface area contributed by atoms with E-state index < -0.39 is 0 Å². The van der Waals surface area contributed by atoms with Crippen molar-refractivity contribution in [2.75, 3.05) is 11.9 Å². The number of aromatic nitrogens is 2. The Bertz CT molecular complexity index is 591. The Kier molecular flexibility index (Phi) is 3.63. The topological polar surface area (TPSA) is 39.1 Å². The minimum Gasteiger partial charge on any atom is -0.492 e. The van der Waals surface area contributed by atoms with Crippen LogP contribution in [0.1, 0.15) is 37.1 Å². The van der Waals surface area contributed by atoms with Crippen LogP contribution in [0.4, 0.5) is 5.69 Å². The van der Waals surface area contributed by atoms with E-state index in [-0.39, 0.29) is 0 Å². The summed E-state index contributed by atoms with van der Waals surface area (Å²) in [7, 11) is 2.02. The minimum atomic E-state index is 0.328. The van der Waals surface area contributed by atoms with Crippen LogP contribution in [0, 0.1) is 0 Å². The van der Waals surface area contributed by atoms with E-state index in [1.165, 1.54) is 17.7 Å². The fourth-order valence-corrected chi connectivity index (χ4v) is 2.91. The van der Waals surface area contributed by atoms with Gasteiger partial charge in [-0.05, 0) is 38.3 Å². The first-order valence-electron chi connectivity index (χ1n) is 7.28. The van der Waals surface area contributed by atoms with Gasteiger partial charge in [-0.1, -0.05) is 12.1 Å². The van der Waals surface area contributed by atoms with Crippen molar-refractivity contribution >= 4 is 5.69 Å². The van der Waals surface area contributed by atoms with Gasteiger partial charge in [0.25, 0.3) is 0 Å². The molecule has 1 aliphatic carbocycles. The number of benzene rings is 1. The summed E-state index contributed by atoms with van der Waals surface area (Å²) in [5, 5.41) is 8.02. The predicted molar refractivity (Wildman–Crippen MR) is 80.1 cm³/mol. The molecule has 4 nitrogen and oxygen atoms in total. The third-order valence-electron chi connectivity index (χ3n) is 3.89. The lowest BCUT2D eigenvalue weighted by molar-refractivity contribution is 0.341. The molecule has 4 heteroatoms. The maximum atomic E-state index is 5.69. The highest BCUT2D eigenvalue weighted by molar-refractivity contribution is 5.57. The molecule has 0 saturated carbocycles. The number of hydrogen-bond acceptors (Lipinski definition) is 3. The second kappa shape index (κ2) is 5.57. The van der Waals surface area contributed by atoms with Crippen LogP contribution in [0.3, 0.4) is 0 Å². The summed E-state index contributed by atoms with van der Waals surface area (Å²) in [4.78, 5) is 0. The van der Waals surface area contributed by atoms with E-state index in [4.69, 9.17) is 4.74 Å². The minimum absolute atomic E-state index is 0.328. The van der Waals surface area contributed by atoms with Gasteiger partial charge in [0.05, 0.1) is 24.5 Å². The average Bonchev–Trinajstić information content (AvgIpc) is 2.84. The van der Waals surface area contributed by atoms with Crippen molar-refractivity contribution in [1.29, 1.82) is 0 Å². The lowest BCUT2D eigenvalue weighted by atomic mass is 9.93. The van der Waals surface area contributed by atoms with Crippen LogP contribution < -0.4 is 10.1 Å². The summed E-state index contributed by atoms with van der Waals surface area (Å²) in [6, 6.07) is 8.47. The Morgan fingerprint density at radius 3 is 3.10 bits per heavy atom. The molecule has 0 saturated heterocycles. The first-order valence-corrected chi connectivity index (χ1v) is 7.28. The van der Waals surface area contributed by atoms with Gasteiger partial charge in [0.1, 0.15) is 5.75 Å². The number of para-hydroxylation sites is 2. The van der Waals surface area contributed by atoms with Crippen molar-refractivity contribution in [3.8, 4) is 5.75 Å². The summed E-state index contributed by atoms with van der Waals surface area (Å²) in [6.45, 7) is 2.69. The Labute approximate surface area is 119 Å². The molecule has 0 aliphatic heterocycles. The van der Waals surface area contributed by atoms with Crippen LogP contribution in [-0.4, -0.2) is 16.4 Å². The van der Waals surface area contributed by atoms with Gasteiger partial charge in [-0.15, -0.1) is 0 Å². The van der Waals surface area contributed by atoms with Gasteiger partial charge in [0, 0.05) is 18.3 Å². The summed E-state index contributed by atoms with van der Waals surface area (Å²) in [6.07, 6.45) is 5.45. The average molecular weight is 271 g/mol. The highest BCUT2D eigenvalue weighted by atomic mass is 16.5. The molecule has 20 heavy (non-hydrogen) atoms. The molecule has 1 unspecified atom stereocenters. The van der Waals surface area contributed by atoms with Gasteiger partial charge in [-0.3, -0.25) is 4.68 Å². The van der Waals surface area contributed by atoms with Gasteiger partial charge in [-0.25, -0.2) is 0 Å². The number of nitrogens with zero attached hydrogens (tertiary/aromatic N) is 2. The predicted octanol–water partition coefficient (Wildman–Crippen LogP) is 3.31. The Morgan fingerprint density at radius 1 is 1.40 bits per heavy atom.